The lowest BCUT2D eigenvalue weighted by atomic mass is 9.92. The molecule has 2 heterocycles. The van der Waals surface area contributed by atoms with Gasteiger partial charge in [0.05, 0.1) is 5.52 Å². The third kappa shape index (κ3) is 4.17. The predicted molar refractivity (Wildman–Crippen MR) is 120 cm³/mol. The van der Waals surface area contributed by atoms with Crippen LogP contribution in [0.3, 0.4) is 0 Å². The van der Waals surface area contributed by atoms with Crippen LogP contribution in [-0.2, 0) is 6.42 Å². The minimum absolute atomic E-state index is 0.343. The number of nitrogens with one attached hydrogen (secondary N) is 2. The number of nitrogens with zero attached hydrogens (tertiary/aromatic N) is 3. The van der Waals surface area contributed by atoms with Crippen molar-refractivity contribution >= 4 is 22.7 Å². The molecule has 1 aliphatic rings. The fourth-order valence-electron chi connectivity index (χ4n) is 4.17. The Kier molecular flexibility index (Phi) is 5.62. The van der Waals surface area contributed by atoms with Gasteiger partial charge in [0.1, 0.15) is 5.82 Å². The first kappa shape index (κ1) is 19.6. The number of aryl methyl sites for hydroxylation is 2. The Morgan fingerprint density at radius 3 is 2.59 bits per heavy atom. The molecule has 0 radical (unpaired) electrons. The molecule has 2 aromatic heterocycles. The Bertz CT molecular complexity index is 1010. The second-order valence-corrected chi connectivity index (χ2v) is 7.96. The molecule has 0 saturated heterocycles. The van der Waals surface area contributed by atoms with Gasteiger partial charge >= 0.3 is 0 Å². The van der Waals surface area contributed by atoms with E-state index in [2.05, 4.69) is 45.7 Å². The molecule has 1 saturated carbocycles. The van der Waals surface area contributed by atoms with Crippen molar-refractivity contribution in [2.45, 2.75) is 58.0 Å². The number of pyridine rings is 1. The number of rotatable bonds is 5. The summed E-state index contributed by atoms with van der Waals surface area (Å²) in [5, 5.41) is 7.68. The van der Waals surface area contributed by atoms with Crippen molar-refractivity contribution in [3.05, 3.63) is 41.7 Å². The van der Waals surface area contributed by atoms with Gasteiger partial charge in [0.25, 0.3) is 0 Å². The Hall–Kier alpha value is -2.73. The van der Waals surface area contributed by atoms with Crippen molar-refractivity contribution in [3.63, 3.8) is 0 Å². The zero-order valence-corrected chi connectivity index (χ0v) is 17.5. The van der Waals surface area contributed by atoms with E-state index in [4.69, 9.17) is 10.7 Å². The molecule has 4 N–H and O–H groups in total. The maximum absolute atomic E-state index is 6.02. The van der Waals surface area contributed by atoms with Crippen molar-refractivity contribution < 1.29 is 0 Å². The third-order valence-corrected chi connectivity index (χ3v) is 5.90. The van der Waals surface area contributed by atoms with Crippen LogP contribution in [0.5, 0.6) is 0 Å². The van der Waals surface area contributed by atoms with Crippen molar-refractivity contribution in [1.82, 2.24) is 15.0 Å². The summed E-state index contributed by atoms with van der Waals surface area (Å²) in [7, 11) is 1.89. The van der Waals surface area contributed by atoms with Crippen molar-refractivity contribution in [3.8, 4) is 11.1 Å². The summed E-state index contributed by atoms with van der Waals surface area (Å²) in [6, 6.07) is 9.30. The summed E-state index contributed by atoms with van der Waals surface area (Å²) in [5.74, 6) is 1.60. The smallest absolute Gasteiger partial charge is 0.223 e. The molecule has 0 spiro atoms. The fourth-order valence-corrected chi connectivity index (χ4v) is 4.17. The molecule has 0 aliphatic heterocycles. The van der Waals surface area contributed by atoms with E-state index in [0.29, 0.717) is 12.1 Å². The van der Waals surface area contributed by atoms with Crippen LogP contribution < -0.4 is 16.4 Å². The van der Waals surface area contributed by atoms with Gasteiger partial charge < -0.3 is 16.4 Å². The highest BCUT2D eigenvalue weighted by atomic mass is 15.1. The van der Waals surface area contributed by atoms with Gasteiger partial charge in [0.15, 0.2) is 0 Å². The minimum Gasteiger partial charge on any atom is -0.373 e. The average Bonchev–Trinajstić information content (AvgIpc) is 2.74. The van der Waals surface area contributed by atoms with Gasteiger partial charge in [-0.25, -0.2) is 15.0 Å². The summed E-state index contributed by atoms with van der Waals surface area (Å²) in [4.78, 5) is 14.1. The molecule has 29 heavy (non-hydrogen) atoms. The molecule has 3 aromatic rings. The Morgan fingerprint density at radius 2 is 1.90 bits per heavy atom. The zero-order valence-electron chi connectivity index (χ0n) is 17.5. The highest BCUT2D eigenvalue weighted by Crippen LogP contribution is 2.30. The van der Waals surface area contributed by atoms with Gasteiger partial charge in [0, 0.05) is 42.0 Å². The topological polar surface area (TPSA) is 88.8 Å². The van der Waals surface area contributed by atoms with Crippen LogP contribution in [-0.4, -0.2) is 34.1 Å². The van der Waals surface area contributed by atoms with Gasteiger partial charge in [-0.2, -0.15) is 0 Å². The highest BCUT2D eigenvalue weighted by Gasteiger charge is 2.19. The number of anilines is 2. The molecule has 0 bridgehead atoms. The van der Waals surface area contributed by atoms with E-state index in [1.807, 2.05) is 26.2 Å². The summed E-state index contributed by atoms with van der Waals surface area (Å²) >= 11 is 0. The Morgan fingerprint density at radius 1 is 1.10 bits per heavy atom. The molecular formula is C23H30N6. The largest absolute Gasteiger partial charge is 0.373 e. The molecule has 0 atom stereocenters. The number of hydrogen-bond donors (Lipinski definition) is 3. The minimum atomic E-state index is 0.343. The second-order valence-electron chi connectivity index (χ2n) is 7.96. The lowest BCUT2D eigenvalue weighted by molar-refractivity contribution is 0.410. The molecule has 6 nitrogen and oxygen atoms in total. The maximum Gasteiger partial charge on any atom is 0.223 e. The quantitative estimate of drug-likeness (QED) is 0.602. The van der Waals surface area contributed by atoms with Crippen molar-refractivity contribution in [2.24, 2.45) is 5.73 Å². The van der Waals surface area contributed by atoms with Gasteiger partial charge in [-0.1, -0.05) is 6.92 Å². The third-order valence-electron chi connectivity index (χ3n) is 5.90. The molecule has 0 amide bonds. The zero-order chi connectivity index (χ0) is 20.4. The molecule has 6 heteroatoms. The number of fused-ring (bicyclic) bond motifs is 1. The van der Waals surface area contributed by atoms with Crippen LogP contribution >= 0.6 is 0 Å². The Labute approximate surface area is 172 Å². The Balaban J connectivity index is 1.67. The van der Waals surface area contributed by atoms with E-state index in [9.17, 15) is 0 Å². The first-order chi connectivity index (χ1) is 14.1. The highest BCUT2D eigenvalue weighted by molar-refractivity contribution is 5.88. The fraction of sp³-hybridized carbons (Fsp3) is 0.435. The molecule has 1 fully saturated rings. The van der Waals surface area contributed by atoms with E-state index < -0.39 is 0 Å². The summed E-state index contributed by atoms with van der Waals surface area (Å²) in [5.41, 5.74) is 11.6. The number of hydrogen-bond acceptors (Lipinski definition) is 6. The molecule has 1 aromatic carbocycles. The molecular weight excluding hydrogens is 360 g/mol. The average molecular weight is 391 g/mol. The van der Waals surface area contributed by atoms with E-state index in [1.54, 1.807) is 0 Å². The van der Waals surface area contributed by atoms with Crippen LogP contribution in [0.2, 0.25) is 0 Å². The number of benzene rings is 1. The first-order valence-corrected chi connectivity index (χ1v) is 10.5. The molecule has 1 aliphatic carbocycles. The van der Waals surface area contributed by atoms with E-state index in [-0.39, 0.29) is 0 Å². The van der Waals surface area contributed by atoms with Crippen LogP contribution in [0.25, 0.3) is 22.0 Å². The normalized spacial score (nSPS) is 19.3. The van der Waals surface area contributed by atoms with Crippen LogP contribution in [0.15, 0.2) is 30.5 Å². The van der Waals surface area contributed by atoms with Gasteiger partial charge in [-0.05, 0) is 74.4 Å². The maximum atomic E-state index is 6.02. The van der Waals surface area contributed by atoms with E-state index in [1.165, 1.54) is 5.56 Å². The van der Waals surface area contributed by atoms with Crippen molar-refractivity contribution in [2.75, 3.05) is 17.7 Å². The summed E-state index contributed by atoms with van der Waals surface area (Å²) in [6.45, 7) is 4.22. The van der Waals surface area contributed by atoms with E-state index in [0.717, 1.165) is 71.6 Å². The van der Waals surface area contributed by atoms with Gasteiger partial charge in [0.2, 0.25) is 5.95 Å². The molecule has 0 unspecified atom stereocenters. The van der Waals surface area contributed by atoms with Gasteiger partial charge in [-0.15, -0.1) is 0 Å². The summed E-state index contributed by atoms with van der Waals surface area (Å²) < 4.78 is 0. The predicted octanol–water partition coefficient (Wildman–Crippen LogP) is 4.29. The first-order valence-electron chi connectivity index (χ1n) is 10.5. The van der Waals surface area contributed by atoms with Gasteiger partial charge in [-0.3, -0.25) is 0 Å². The lowest BCUT2D eigenvalue weighted by Gasteiger charge is -2.26. The molecule has 4 rings (SSSR count). The SMILES string of the molecule is CCc1cc(-c2ccc(NC)nc2C)cc2cnc(NC3CCC(N)CC3)nc12. The number of nitrogens with two attached hydrogens (primary N) is 1. The van der Waals surface area contributed by atoms with Crippen LogP contribution in [0.1, 0.15) is 43.9 Å². The number of aromatic nitrogens is 3. The standard InChI is InChI=1S/C23H30N6/c1-4-15-11-16(20-9-10-21(25-3)27-14(20)2)12-17-13-26-23(29-22(15)17)28-19-7-5-18(24)6-8-19/h9-13,18-19H,4-8,24H2,1-3H3,(H,25,27)(H,26,28,29). The van der Waals surface area contributed by atoms with Crippen LogP contribution in [0.4, 0.5) is 11.8 Å². The lowest BCUT2D eigenvalue weighted by Crippen LogP contribution is -2.33. The van der Waals surface area contributed by atoms with Crippen molar-refractivity contribution in [1.29, 1.82) is 0 Å². The monoisotopic (exact) mass is 390 g/mol. The van der Waals surface area contributed by atoms with Crippen LogP contribution in [0, 0.1) is 6.92 Å². The second kappa shape index (κ2) is 8.33. The summed E-state index contributed by atoms with van der Waals surface area (Å²) in [6.07, 6.45) is 7.14. The van der Waals surface area contributed by atoms with E-state index >= 15 is 0 Å². The molecule has 152 valence electrons.